The summed E-state index contributed by atoms with van der Waals surface area (Å²) >= 11 is 7.11. The zero-order valence-electron chi connectivity index (χ0n) is 17.1. The van der Waals surface area contributed by atoms with E-state index < -0.39 is 0 Å². The van der Waals surface area contributed by atoms with Crippen molar-refractivity contribution in [2.75, 3.05) is 19.0 Å². The Labute approximate surface area is 194 Å². The van der Waals surface area contributed by atoms with Crippen LogP contribution in [0.2, 0.25) is 4.34 Å². The number of ether oxygens (including phenoxy) is 1. The molecule has 0 fully saturated rings. The van der Waals surface area contributed by atoms with E-state index >= 15 is 0 Å². The fraction of sp³-hybridized carbons (Fsp3) is 0.174. The van der Waals surface area contributed by atoms with Gasteiger partial charge in [0.2, 0.25) is 0 Å². The maximum atomic E-state index is 12.1. The maximum Gasteiger partial charge on any atom is 0.337 e. The van der Waals surface area contributed by atoms with Gasteiger partial charge in [0, 0.05) is 17.8 Å². The van der Waals surface area contributed by atoms with Crippen LogP contribution in [0, 0.1) is 0 Å². The van der Waals surface area contributed by atoms with Crippen LogP contribution in [0.1, 0.15) is 32.0 Å². The maximum absolute atomic E-state index is 12.1. The Morgan fingerprint density at radius 2 is 1.97 bits per heavy atom. The number of anilines is 2. The Bertz CT molecular complexity index is 1160. The van der Waals surface area contributed by atoms with Gasteiger partial charge in [-0.1, -0.05) is 35.0 Å². The SMILES string of the molecule is COC(=O)c1cccc(Nc2ccc(C3=NOC(CNC(=O)c4ccc(Cl)s4)C3)cc2)c1. The molecule has 1 aliphatic heterocycles. The lowest BCUT2D eigenvalue weighted by molar-refractivity contribution is 0.0600. The molecule has 7 nitrogen and oxygen atoms in total. The van der Waals surface area contributed by atoms with Crippen LogP contribution in [0.4, 0.5) is 11.4 Å². The van der Waals surface area contributed by atoms with Crippen molar-refractivity contribution < 1.29 is 19.2 Å². The van der Waals surface area contributed by atoms with Crippen molar-refractivity contribution in [1.29, 1.82) is 0 Å². The Morgan fingerprint density at radius 3 is 2.69 bits per heavy atom. The van der Waals surface area contributed by atoms with Crippen molar-refractivity contribution in [1.82, 2.24) is 5.32 Å². The van der Waals surface area contributed by atoms with E-state index in [0.717, 1.165) is 22.6 Å². The third-order valence-electron chi connectivity index (χ3n) is 4.81. The number of esters is 1. The molecule has 0 saturated carbocycles. The van der Waals surface area contributed by atoms with Gasteiger partial charge in [-0.3, -0.25) is 4.79 Å². The first-order valence-electron chi connectivity index (χ1n) is 9.84. The molecule has 0 spiro atoms. The molecule has 2 aromatic carbocycles. The number of nitrogens with zero attached hydrogens (tertiary/aromatic N) is 1. The van der Waals surface area contributed by atoms with Crippen LogP contribution in [0.3, 0.4) is 0 Å². The molecular formula is C23H20ClN3O4S. The van der Waals surface area contributed by atoms with E-state index in [0.29, 0.717) is 27.7 Å². The van der Waals surface area contributed by atoms with Gasteiger partial charge in [-0.2, -0.15) is 0 Å². The summed E-state index contributed by atoms with van der Waals surface area (Å²) in [5, 5.41) is 10.3. The molecular weight excluding hydrogens is 450 g/mol. The summed E-state index contributed by atoms with van der Waals surface area (Å²) in [4.78, 5) is 29.9. The largest absolute Gasteiger partial charge is 0.465 e. The number of halogens is 1. The minimum Gasteiger partial charge on any atom is -0.465 e. The number of benzene rings is 2. The van der Waals surface area contributed by atoms with Gasteiger partial charge in [0.15, 0.2) is 0 Å². The Balaban J connectivity index is 1.31. The van der Waals surface area contributed by atoms with Crippen LogP contribution in [0.15, 0.2) is 65.8 Å². The van der Waals surface area contributed by atoms with Gasteiger partial charge < -0.3 is 20.2 Å². The summed E-state index contributed by atoms with van der Waals surface area (Å²) in [6, 6.07) is 18.2. The van der Waals surface area contributed by atoms with Crippen molar-refractivity contribution in [3.63, 3.8) is 0 Å². The molecule has 1 amide bonds. The lowest BCUT2D eigenvalue weighted by Crippen LogP contribution is -2.31. The molecule has 32 heavy (non-hydrogen) atoms. The number of hydrogen-bond donors (Lipinski definition) is 2. The molecule has 0 radical (unpaired) electrons. The van der Waals surface area contributed by atoms with Crippen LogP contribution in [-0.2, 0) is 9.57 Å². The summed E-state index contributed by atoms with van der Waals surface area (Å²) < 4.78 is 5.33. The molecule has 1 aliphatic rings. The van der Waals surface area contributed by atoms with Gasteiger partial charge in [-0.05, 0) is 48.0 Å². The Kier molecular flexibility index (Phi) is 6.72. The summed E-state index contributed by atoms with van der Waals surface area (Å²) in [6.07, 6.45) is 0.377. The van der Waals surface area contributed by atoms with Crippen LogP contribution in [0.5, 0.6) is 0 Å². The van der Waals surface area contributed by atoms with E-state index in [9.17, 15) is 9.59 Å². The van der Waals surface area contributed by atoms with E-state index in [-0.39, 0.29) is 18.0 Å². The number of hydrogen-bond acceptors (Lipinski definition) is 7. The van der Waals surface area contributed by atoms with E-state index in [4.69, 9.17) is 21.2 Å². The number of amides is 1. The summed E-state index contributed by atoms with van der Waals surface area (Å²) in [7, 11) is 1.36. The van der Waals surface area contributed by atoms with Crippen molar-refractivity contribution in [3.05, 3.63) is 81.0 Å². The first-order chi connectivity index (χ1) is 15.5. The van der Waals surface area contributed by atoms with Gasteiger partial charge >= 0.3 is 5.97 Å². The monoisotopic (exact) mass is 469 g/mol. The van der Waals surface area contributed by atoms with Crippen molar-refractivity contribution in [2.45, 2.75) is 12.5 Å². The number of carbonyl (C=O) groups is 2. The number of oxime groups is 1. The number of thiophene rings is 1. The average Bonchev–Trinajstić information content (AvgIpc) is 3.47. The first kappa shape index (κ1) is 21.9. The van der Waals surface area contributed by atoms with E-state index in [1.54, 1.807) is 30.3 Å². The number of nitrogens with one attached hydrogen (secondary N) is 2. The number of carbonyl (C=O) groups excluding carboxylic acids is 2. The highest BCUT2D eigenvalue weighted by molar-refractivity contribution is 7.18. The third kappa shape index (κ3) is 5.27. The predicted octanol–water partition coefficient (Wildman–Crippen LogP) is 4.85. The molecule has 0 bridgehead atoms. The molecule has 1 unspecified atom stereocenters. The fourth-order valence-electron chi connectivity index (χ4n) is 3.19. The highest BCUT2D eigenvalue weighted by atomic mass is 35.5. The molecule has 4 rings (SSSR count). The molecule has 1 aromatic heterocycles. The lowest BCUT2D eigenvalue weighted by Gasteiger charge is -2.10. The zero-order valence-corrected chi connectivity index (χ0v) is 18.7. The van der Waals surface area contributed by atoms with E-state index in [1.165, 1.54) is 18.4 Å². The molecule has 2 heterocycles. The van der Waals surface area contributed by atoms with Gasteiger partial charge in [-0.25, -0.2) is 4.79 Å². The average molecular weight is 470 g/mol. The highest BCUT2D eigenvalue weighted by Gasteiger charge is 2.23. The van der Waals surface area contributed by atoms with Crippen molar-refractivity contribution >= 4 is 51.9 Å². The lowest BCUT2D eigenvalue weighted by atomic mass is 10.0. The topological polar surface area (TPSA) is 89.0 Å². The second kappa shape index (κ2) is 9.84. The summed E-state index contributed by atoms with van der Waals surface area (Å²) in [5.74, 6) is -0.557. The molecule has 164 valence electrons. The number of rotatable bonds is 7. The smallest absolute Gasteiger partial charge is 0.337 e. The van der Waals surface area contributed by atoms with Crippen molar-refractivity contribution in [2.24, 2.45) is 5.16 Å². The van der Waals surface area contributed by atoms with Crippen molar-refractivity contribution in [3.8, 4) is 0 Å². The zero-order chi connectivity index (χ0) is 22.5. The number of methoxy groups -OCH3 is 1. The van der Waals surface area contributed by atoms with Crippen LogP contribution < -0.4 is 10.6 Å². The summed E-state index contributed by atoms with van der Waals surface area (Å²) in [6.45, 7) is 0.359. The molecule has 0 aliphatic carbocycles. The molecule has 9 heteroatoms. The van der Waals surface area contributed by atoms with Gasteiger partial charge in [0.25, 0.3) is 5.91 Å². The van der Waals surface area contributed by atoms with E-state index in [2.05, 4.69) is 15.8 Å². The van der Waals surface area contributed by atoms with Gasteiger partial charge in [0.05, 0.1) is 34.1 Å². The van der Waals surface area contributed by atoms with Crippen LogP contribution in [-0.4, -0.2) is 37.3 Å². The van der Waals surface area contributed by atoms with Crippen LogP contribution in [0.25, 0.3) is 0 Å². The Morgan fingerprint density at radius 1 is 1.16 bits per heavy atom. The summed E-state index contributed by atoms with van der Waals surface area (Å²) in [5.41, 5.74) is 3.89. The molecule has 0 saturated heterocycles. The minimum atomic E-state index is -0.381. The second-order valence-corrected chi connectivity index (χ2v) is 8.77. The van der Waals surface area contributed by atoms with Crippen LogP contribution >= 0.6 is 22.9 Å². The molecule has 2 N–H and O–H groups in total. The van der Waals surface area contributed by atoms with E-state index in [1.807, 2.05) is 30.3 Å². The second-order valence-electron chi connectivity index (χ2n) is 7.06. The normalized spacial score (nSPS) is 14.9. The fourth-order valence-corrected chi connectivity index (χ4v) is 4.15. The predicted molar refractivity (Wildman–Crippen MR) is 125 cm³/mol. The highest BCUT2D eigenvalue weighted by Crippen LogP contribution is 2.23. The molecule has 3 aromatic rings. The minimum absolute atomic E-state index is 0.175. The quantitative estimate of drug-likeness (QED) is 0.482. The van der Waals surface area contributed by atoms with Gasteiger partial charge in [-0.15, -0.1) is 11.3 Å². The first-order valence-corrected chi connectivity index (χ1v) is 11.0. The molecule has 1 atom stereocenters. The standard InChI is InChI=1S/C23H20ClN3O4S/c1-30-23(29)15-3-2-4-17(11-15)26-16-7-5-14(6-8-16)19-12-18(31-27-19)13-25-22(28)20-9-10-21(24)32-20/h2-11,18,26H,12-13H2,1H3,(H,25,28). The van der Waals surface area contributed by atoms with Gasteiger partial charge in [0.1, 0.15) is 6.10 Å². The Hall–Kier alpha value is -3.36. The third-order valence-corrected chi connectivity index (χ3v) is 6.04.